The summed E-state index contributed by atoms with van der Waals surface area (Å²) in [4.78, 5) is 60.7. The molecule has 0 aromatic heterocycles. The third-order valence-electron chi connectivity index (χ3n) is 7.08. The van der Waals surface area contributed by atoms with Gasteiger partial charge in [0.25, 0.3) is 0 Å². The molecule has 0 aliphatic carbocycles. The van der Waals surface area contributed by atoms with E-state index < -0.39 is 47.0 Å². The molecule has 12 nitrogen and oxygen atoms in total. The molecule has 12 heteroatoms. The van der Waals surface area contributed by atoms with Crippen LogP contribution in [0, 0.1) is 0 Å². The predicted octanol–water partition coefficient (Wildman–Crippen LogP) is 1.52. The highest BCUT2D eigenvalue weighted by Gasteiger charge is 2.67. The number of fused-ring (bicyclic) bond motifs is 1. The average Bonchev–Trinajstić information content (AvgIpc) is 3.36. The molecule has 3 aliphatic rings. The lowest BCUT2D eigenvalue weighted by molar-refractivity contribution is -0.144. The lowest BCUT2D eigenvalue weighted by Gasteiger charge is -2.39. The molecule has 1 N–H and O–H groups in total. The Morgan fingerprint density at radius 3 is 2.24 bits per heavy atom. The number of methoxy groups -OCH3 is 4. The van der Waals surface area contributed by atoms with Crippen molar-refractivity contribution in [2.24, 2.45) is 4.99 Å². The Morgan fingerprint density at radius 2 is 1.68 bits per heavy atom. The number of anilines is 1. The number of rotatable bonds is 4. The van der Waals surface area contributed by atoms with Gasteiger partial charge in [0.15, 0.2) is 5.70 Å². The van der Waals surface area contributed by atoms with E-state index in [9.17, 15) is 19.2 Å². The molecule has 2 amide bonds. The normalized spacial score (nSPS) is 23.6. The maximum Gasteiger partial charge on any atom is 0.357 e. The Bertz CT molecular complexity index is 1280. The van der Waals surface area contributed by atoms with E-state index in [0.717, 1.165) is 0 Å². The lowest BCUT2D eigenvalue weighted by atomic mass is 9.69. The molecule has 1 fully saturated rings. The third-order valence-corrected chi connectivity index (χ3v) is 7.08. The summed E-state index contributed by atoms with van der Waals surface area (Å²) < 4.78 is 20.6. The molecule has 204 valence electrons. The van der Waals surface area contributed by atoms with Crippen molar-refractivity contribution in [2.45, 2.75) is 50.2 Å². The maximum atomic E-state index is 13.7. The zero-order valence-corrected chi connectivity index (χ0v) is 22.7. The van der Waals surface area contributed by atoms with E-state index in [1.807, 2.05) is 11.0 Å². The van der Waals surface area contributed by atoms with E-state index in [-0.39, 0.29) is 23.5 Å². The quantitative estimate of drug-likeness (QED) is 0.456. The summed E-state index contributed by atoms with van der Waals surface area (Å²) >= 11 is 0. The van der Waals surface area contributed by atoms with E-state index in [1.54, 1.807) is 40.0 Å². The molecule has 3 atom stereocenters. The van der Waals surface area contributed by atoms with E-state index in [1.165, 1.54) is 33.3 Å². The van der Waals surface area contributed by atoms with Crippen LogP contribution in [0.3, 0.4) is 0 Å². The van der Waals surface area contributed by atoms with Gasteiger partial charge in [0.1, 0.15) is 17.6 Å². The van der Waals surface area contributed by atoms with E-state index in [0.29, 0.717) is 17.0 Å². The van der Waals surface area contributed by atoms with Gasteiger partial charge in [0.05, 0.1) is 45.5 Å². The fraction of sp³-hybridized carbons (Fsp3) is 0.500. The van der Waals surface area contributed by atoms with Crippen LogP contribution in [0.5, 0.6) is 5.75 Å². The Morgan fingerprint density at radius 1 is 1.03 bits per heavy atom. The molecule has 0 saturated carbocycles. The number of likely N-dealkylation sites (N-methyl/N-ethyl adjacent to an activating group) is 1. The van der Waals surface area contributed by atoms with Gasteiger partial charge in [0, 0.05) is 18.3 Å². The Kier molecular flexibility index (Phi) is 6.62. The lowest BCUT2D eigenvalue weighted by Crippen LogP contribution is -2.58. The fourth-order valence-corrected chi connectivity index (χ4v) is 5.64. The van der Waals surface area contributed by atoms with Crippen molar-refractivity contribution in [3.05, 3.63) is 35.0 Å². The average molecular weight is 529 g/mol. The first-order valence-corrected chi connectivity index (χ1v) is 12.0. The number of hydrogen-bond acceptors (Lipinski definition) is 10. The zero-order chi connectivity index (χ0) is 28.2. The summed E-state index contributed by atoms with van der Waals surface area (Å²) in [5, 5.41) is 2.88. The van der Waals surface area contributed by atoms with Gasteiger partial charge in [-0.1, -0.05) is 0 Å². The minimum atomic E-state index is -1.21. The number of benzene rings is 1. The first-order valence-electron chi connectivity index (χ1n) is 12.0. The number of amides is 2. The maximum absolute atomic E-state index is 13.7. The summed E-state index contributed by atoms with van der Waals surface area (Å²) in [6, 6.07) is 2.80. The molecular weight excluding hydrogens is 496 g/mol. The second-order valence-electron chi connectivity index (χ2n) is 10.3. The third kappa shape index (κ3) is 3.86. The summed E-state index contributed by atoms with van der Waals surface area (Å²) in [6.07, 6.45) is 0.0280. The molecule has 1 aromatic rings. The number of nitrogens with one attached hydrogen (secondary N) is 1. The molecule has 1 spiro atoms. The topological polar surface area (TPSA) is 136 Å². The zero-order valence-electron chi connectivity index (χ0n) is 22.7. The predicted molar refractivity (Wildman–Crippen MR) is 136 cm³/mol. The van der Waals surface area contributed by atoms with Gasteiger partial charge in [-0.2, -0.15) is 0 Å². The summed E-state index contributed by atoms with van der Waals surface area (Å²) in [7, 11) is 6.89. The Hall–Kier alpha value is -4.09. The van der Waals surface area contributed by atoms with Crippen molar-refractivity contribution < 1.29 is 38.1 Å². The van der Waals surface area contributed by atoms with Gasteiger partial charge in [-0.25, -0.2) is 24.2 Å². The molecule has 0 bridgehead atoms. The van der Waals surface area contributed by atoms with Crippen LogP contribution in [-0.2, 0) is 34.0 Å². The number of ether oxygens (including phenoxy) is 4. The first-order chi connectivity index (χ1) is 17.9. The van der Waals surface area contributed by atoms with Gasteiger partial charge in [-0.3, -0.25) is 4.90 Å². The van der Waals surface area contributed by atoms with Crippen molar-refractivity contribution in [2.75, 3.05) is 40.4 Å². The standard InChI is InChI=1S/C26H32N4O8/c1-25(2,3)28-24(34)30-16(20(31)36-6)12-26-14-11-13(35-5)9-10-15(14)29(4)19(26)17(21(32)37-7)18(22(33)38-8)27-23(26)30/h9-11,16,19H,12H2,1-8H3,(H,28,34). The summed E-state index contributed by atoms with van der Waals surface area (Å²) in [5.74, 6) is -1.69. The van der Waals surface area contributed by atoms with Crippen LogP contribution in [0.1, 0.15) is 32.8 Å². The summed E-state index contributed by atoms with van der Waals surface area (Å²) in [6.45, 7) is 5.40. The van der Waals surface area contributed by atoms with Crippen LogP contribution >= 0.6 is 0 Å². The van der Waals surface area contributed by atoms with Crippen molar-refractivity contribution >= 4 is 35.5 Å². The van der Waals surface area contributed by atoms with E-state index in [2.05, 4.69) is 10.3 Å². The number of aliphatic imine (C=N–C) groups is 1. The number of amidine groups is 1. The molecule has 38 heavy (non-hydrogen) atoms. The SMILES string of the molecule is COC(=O)C1=C(C(=O)OC)C2N(C)c3ccc(OC)cc3C23CC(C(=O)OC)N(C(=O)NC(C)(C)C)C3=N1. The fourth-order valence-electron chi connectivity index (χ4n) is 5.64. The van der Waals surface area contributed by atoms with Crippen LogP contribution in [0.25, 0.3) is 0 Å². The minimum absolute atomic E-state index is 0.0280. The molecule has 0 radical (unpaired) electrons. The highest BCUT2D eigenvalue weighted by atomic mass is 16.5. The van der Waals surface area contributed by atoms with Gasteiger partial charge in [0.2, 0.25) is 0 Å². The van der Waals surface area contributed by atoms with Gasteiger partial charge < -0.3 is 29.2 Å². The second kappa shape index (κ2) is 9.34. The summed E-state index contributed by atoms with van der Waals surface area (Å²) in [5.41, 5.74) is -0.837. The number of esters is 3. The number of carbonyl (C=O) groups excluding carboxylic acids is 4. The van der Waals surface area contributed by atoms with Crippen LogP contribution in [0.15, 0.2) is 34.5 Å². The highest BCUT2D eigenvalue weighted by Crippen LogP contribution is 2.58. The molecular formula is C26H32N4O8. The van der Waals surface area contributed by atoms with Crippen LogP contribution in [0.4, 0.5) is 10.5 Å². The van der Waals surface area contributed by atoms with Crippen molar-refractivity contribution in [3.8, 4) is 5.75 Å². The van der Waals surface area contributed by atoms with Crippen molar-refractivity contribution in [1.82, 2.24) is 10.2 Å². The number of nitrogens with zero attached hydrogens (tertiary/aromatic N) is 3. The molecule has 1 aromatic carbocycles. The molecule has 4 rings (SSSR count). The Labute approximate surface area is 220 Å². The monoisotopic (exact) mass is 528 g/mol. The second-order valence-corrected chi connectivity index (χ2v) is 10.3. The largest absolute Gasteiger partial charge is 0.497 e. The van der Waals surface area contributed by atoms with Gasteiger partial charge >= 0.3 is 23.9 Å². The van der Waals surface area contributed by atoms with Gasteiger partial charge in [-0.05, 0) is 51.0 Å². The van der Waals surface area contributed by atoms with E-state index >= 15 is 0 Å². The van der Waals surface area contributed by atoms with Crippen molar-refractivity contribution in [3.63, 3.8) is 0 Å². The molecule has 3 heterocycles. The van der Waals surface area contributed by atoms with Crippen LogP contribution in [0.2, 0.25) is 0 Å². The number of hydrogen-bond donors (Lipinski definition) is 1. The minimum Gasteiger partial charge on any atom is -0.497 e. The smallest absolute Gasteiger partial charge is 0.357 e. The van der Waals surface area contributed by atoms with Crippen LogP contribution in [-0.4, -0.2) is 87.8 Å². The first kappa shape index (κ1) is 27.0. The number of carbonyl (C=O) groups is 4. The van der Waals surface area contributed by atoms with Crippen molar-refractivity contribution in [1.29, 1.82) is 0 Å². The number of likely N-dealkylation sites (tertiary alicyclic amines) is 1. The van der Waals surface area contributed by atoms with E-state index in [4.69, 9.17) is 18.9 Å². The number of urea groups is 1. The van der Waals surface area contributed by atoms with Crippen LogP contribution < -0.4 is 15.0 Å². The van der Waals surface area contributed by atoms with Gasteiger partial charge in [-0.15, -0.1) is 0 Å². The highest BCUT2D eigenvalue weighted by molar-refractivity contribution is 6.17. The molecule has 1 saturated heterocycles. The molecule has 3 aliphatic heterocycles. The molecule has 3 unspecified atom stereocenters. The Balaban J connectivity index is 2.10.